The molecule has 3 atom stereocenters. The van der Waals surface area contributed by atoms with Gasteiger partial charge in [0, 0.05) is 38.9 Å². The van der Waals surface area contributed by atoms with Crippen LogP contribution in [0.4, 0.5) is 0 Å². The highest BCUT2D eigenvalue weighted by molar-refractivity contribution is 5.87. The Labute approximate surface area is 409 Å². The van der Waals surface area contributed by atoms with Crippen molar-refractivity contribution in [3.05, 3.63) is 0 Å². The van der Waals surface area contributed by atoms with Crippen molar-refractivity contribution in [2.45, 2.75) is 286 Å². The van der Waals surface area contributed by atoms with E-state index in [4.69, 9.17) is 9.47 Å². The molecule has 2 amide bonds. The molecule has 0 bridgehead atoms. The second kappa shape index (κ2) is 47.9. The van der Waals surface area contributed by atoms with E-state index in [1.807, 2.05) is 4.90 Å². The molecule has 0 saturated carbocycles. The van der Waals surface area contributed by atoms with Crippen LogP contribution in [0.5, 0.6) is 0 Å². The highest BCUT2D eigenvalue weighted by Gasteiger charge is 2.29. The quantitative estimate of drug-likeness (QED) is 0.0478. The second-order valence-electron chi connectivity index (χ2n) is 19.8. The summed E-state index contributed by atoms with van der Waals surface area (Å²) in [5, 5.41) is 3.26. The van der Waals surface area contributed by atoms with Gasteiger partial charge in [0.25, 0.3) is 0 Å². The summed E-state index contributed by atoms with van der Waals surface area (Å²) in [6.45, 7) is 20.3. The minimum atomic E-state index is -0.452. The van der Waals surface area contributed by atoms with Crippen LogP contribution in [0.2, 0.25) is 0 Å². The Morgan fingerprint density at radius 3 is 1.38 bits per heavy atom. The summed E-state index contributed by atoms with van der Waals surface area (Å²) >= 11 is 0. The molecule has 9 nitrogen and oxygen atoms in total. The van der Waals surface area contributed by atoms with Gasteiger partial charge >= 0.3 is 11.9 Å². The molecule has 0 fully saturated rings. The number of nitrogens with one attached hydrogen (secondary N) is 1. The fourth-order valence-electron chi connectivity index (χ4n) is 9.26. The zero-order valence-corrected chi connectivity index (χ0v) is 45.0. The molecule has 66 heavy (non-hydrogen) atoms. The Kier molecular flexibility index (Phi) is 46.3. The highest BCUT2D eigenvalue weighted by Crippen LogP contribution is 2.21. The van der Waals surface area contributed by atoms with E-state index in [9.17, 15) is 19.2 Å². The summed E-state index contributed by atoms with van der Waals surface area (Å²) in [7, 11) is 0. The maximum Gasteiger partial charge on any atom is 0.305 e. The number of ether oxygens (including phenoxy) is 2. The van der Waals surface area contributed by atoms with Crippen molar-refractivity contribution in [2.24, 2.45) is 11.8 Å². The molecule has 0 aliphatic heterocycles. The van der Waals surface area contributed by atoms with Gasteiger partial charge in [-0.05, 0) is 82.7 Å². The maximum atomic E-state index is 14.1. The van der Waals surface area contributed by atoms with E-state index >= 15 is 0 Å². The zero-order chi connectivity index (χ0) is 48.7. The molecule has 3 unspecified atom stereocenters. The average molecular weight is 935 g/mol. The van der Waals surface area contributed by atoms with E-state index in [0.717, 1.165) is 135 Å². The number of esters is 2. The fraction of sp³-hybridized carbons (Fsp3) is 0.930. The molecule has 0 rings (SSSR count). The minimum absolute atomic E-state index is 0.00450. The van der Waals surface area contributed by atoms with Crippen LogP contribution in [0, 0.1) is 11.8 Å². The van der Waals surface area contributed by atoms with Gasteiger partial charge in [-0.25, -0.2) is 0 Å². The minimum Gasteiger partial charge on any atom is -0.465 e. The molecule has 0 saturated heterocycles. The van der Waals surface area contributed by atoms with Gasteiger partial charge in [-0.15, -0.1) is 0 Å². The van der Waals surface area contributed by atoms with E-state index in [0.29, 0.717) is 70.4 Å². The topological polar surface area (TPSA) is 105 Å². The van der Waals surface area contributed by atoms with Crippen molar-refractivity contribution < 1.29 is 28.7 Å². The van der Waals surface area contributed by atoms with Crippen LogP contribution in [0.25, 0.3) is 0 Å². The first kappa shape index (κ1) is 63.8. The Hall–Kier alpha value is -2.16. The molecule has 390 valence electrons. The monoisotopic (exact) mass is 934 g/mol. The summed E-state index contributed by atoms with van der Waals surface area (Å²) in [6.07, 6.45) is 37.7. The lowest BCUT2D eigenvalue weighted by Crippen LogP contribution is -2.50. The van der Waals surface area contributed by atoms with Crippen LogP contribution in [0.15, 0.2) is 0 Å². The van der Waals surface area contributed by atoms with Gasteiger partial charge in [0.2, 0.25) is 11.8 Å². The van der Waals surface area contributed by atoms with Crippen molar-refractivity contribution >= 4 is 23.8 Å². The highest BCUT2D eigenvalue weighted by atomic mass is 16.5. The van der Waals surface area contributed by atoms with Crippen molar-refractivity contribution in [3.8, 4) is 0 Å². The Balaban J connectivity index is 5.22. The van der Waals surface area contributed by atoms with Crippen molar-refractivity contribution in [2.75, 3.05) is 45.9 Å². The van der Waals surface area contributed by atoms with Gasteiger partial charge in [0.15, 0.2) is 0 Å². The summed E-state index contributed by atoms with van der Waals surface area (Å²) < 4.78 is 11.5. The van der Waals surface area contributed by atoms with Crippen LogP contribution in [0.1, 0.15) is 280 Å². The standard InChI is InChI=1S/C57H111N3O6/c1-8-15-19-21-29-36-46-58-57(64)53(42-33-26-22-23-27-34-43-55(62)65-49-51(38-12-5)40-31-17-10-3)60(54(61)45-48-59(13-6)14-7)47-37-30-25-24-28-35-44-56(63)66-50-52(39-18-11-4)41-32-20-16-9-2/h51-53H,8-50H2,1-7H3,(H,58,64). The van der Waals surface area contributed by atoms with Gasteiger partial charge in [-0.1, -0.05) is 203 Å². The number of rotatable bonds is 50. The lowest BCUT2D eigenvalue weighted by molar-refractivity contribution is -0.146. The summed E-state index contributed by atoms with van der Waals surface area (Å²) in [5.74, 6) is 0.971. The number of amides is 2. The largest absolute Gasteiger partial charge is 0.465 e. The second-order valence-corrected chi connectivity index (χ2v) is 19.8. The molecule has 0 aromatic carbocycles. The Morgan fingerprint density at radius 1 is 0.409 bits per heavy atom. The molecule has 0 heterocycles. The van der Waals surface area contributed by atoms with E-state index in [1.165, 1.54) is 83.5 Å². The first-order valence-electron chi connectivity index (χ1n) is 28.8. The molecular weight excluding hydrogens is 823 g/mol. The van der Waals surface area contributed by atoms with Gasteiger partial charge in [-0.3, -0.25) is 19.2 Å². The molecule has 1 N–H and O–H groups in total. The smallest absolute Gasteiger partial charge is 0.305 e. The lowest BCUT2D eigenvalue weighted by Gasteiger charge is -2.32. The third kappa shape index (κ3) is 37.8. The average Bonchev–Trinajstić information content (AvgIpc) is 3.31. The first-order valence-corrected chi connectivity index (χ1v) is 28.8. The number of hydrogen-bond donors (Lipinski definition) is 1. The molecule has 0 aromatic heterocycles. The van der Waals surface area contributed by atoms with Crippen molar-refractivity contribution in [1.29, 1.82) is 0 Å². The SMILES string of the molecule is CCCCCCCCNC(=O)C(CCCCCCCCC(=O)OCC(CCC)CCCCC)N(CCCCCCCCC(=O)OCC(CCCC)CCCCCC)C(=O)CCN(CC)CC. The summed E-state index contributed by atoms with van der Waals surface area (Å²) in [6, 6.07) is -0.452. The molecule has 0 spiro atoms. The maximum absolute atomic E-state index is 14.1. The molecule has 0 aliphatic carbocycles. The number of hydrogen-bond acceptors (Lipinski definition) is 7. The van der Waals surface area contributed by atoms with Crippen molar-refractivity contribution in [3.63, 3.8) is 0 Å². The van der Waals surface area contributed by atoms with E-state index in [-0.39, 0.29) is 23.8 Å². The summed E-state index contributed by atoms with van der Waals surface area (Å²) in [4.78, 5) is 57.4. The zero-order valence-electron chi connectivity index (χ0n) is 45.0. The number of carbonyl (C=O) groups is 4. The van der Waals surface area contributed by atoms with E-state index < -0.39 is 6.04 Å². The molecule has 0 radical (unpaired) electrons. The van der Waals surface area contributed by atoms with Crippen LogP contribution in [0.3, 0.4) is 0 Å². The Morgan fingerprint density at radius 2 is 0.833 bits per heavy atom. The van der Waals surface area contributed by atoms with Gasteiger partial charge in [0.1, 0.15) is 6.04 Å². The molecular formula is C57H111N3O6. The molecule has 0 aromatic rings. The predicted molar refractivity (Wildman–Crippen MR) is 280 cm³/mol. The van der Waals surface area contributed by atoms with E-state index in [2.05, 4.69) is 58.7 Å². The number of carbonyl (C=O) groups excluding carboxylic acids is 4. The van der Waals surface area contributed by atoms with Crippen LogP contribution >= 0.6 is 0 Å². The first-order chi connectivity index (χ1) is 32.2. The fourth-order valence-corrected chi connectivity index (χ4v) is 9.26. The van der Waals surface area contributed by atoms with Crippen LogP contribution in [-0.2, 0) is 28.7 Å². The predicted octanol–water partition coefficient (Wildman–Crippen LogP) is 15.1. The van der Waals surface area contributed by atoms with Gasteiger partial charge in [-0.2, -0.15) is 0 Å². The molecule has 0 aliphatic rings. The van der Waals surface area contributed by atoms with Gasteiger partial charge < -0.3 is 24.6 Å². The number of unbranched alkanes of at least 4 members (excludes halogenated alkanes) is 21. The number of nitrogens with zero attached hydrogens (tertiary/aromatic N) is 2. The van der Waals surface area contributed by atoms with Gasteiger partial charge in [0.05, 0.1) is 13.2 Å². The van der Waals surface area contributed by atoms with Crippen LogP contribution in [-0.4, -0.2) is 85.5 Å². The summed E-state index contributed by atoms with van der Waals surface area (Å²) in [5.41, 5.74) is 0. The Bertz CT molecular complexity index is 1120. The normalized spacial score (nSPS) is 12.8. The van der Waals surface area contributed by atoms with Crippen LogP contribution < -0.4 is 5.32 Å². The third-order valence-corrected chi connectivity index (χ3v) is 13.8. The van der Waals surface area contributed by atoms with E-state index in [1.54, 1.807) is 0 Å². The third-order valence-electron chi connectivity index (χ3n) is 13.8. The van der Waals surface area contributed by atoms with Crippen molar-refractivity contribution in [1.82, 2.24) is 15.1 Å². The lowest BCUT2D eigenvalue weighted by atomic mass is 9.96. The molecule has 9 heteroatoms.